The van der Waals surface area contributed by atoms with Gasteiger partial charge in [0.2, 0.25) is 0 Å². The monoisotopic (exact) mass is 517 g/mol. The highest BCUT2D eigenvalue weighted by molar-refractivity contribution is 7.80. The third-order valence-electron chi connectivity index (χ3n) is 6.76. The number of aromatic nitrogens is 3. The van der Waals surface area contributed by atoms with Crippen LogP contribution in [-0.4, -0.2) is 19.6 Å². The van der Waals surface area contributed by atoms with E-state index in [-0.39, 0.29) is 12.1 Å². The van der Waals surface area contributed by atoms with Gasteiger partial charge in [-0.2, -0.15) is 0 Å². The van der Waals surface area contributed by atoms with Crippen molar-refractivity contribution in [2.45, 2.75) is 25.6 Å². The first-order chi connectivity index (χ1) is 18.7. The Labute approximate surface area is 227 Å². The summed E-state index contributed by atoms with van der Waals surface area (Å²) in [6.07, 6.45) is 5.75. The molecule has 0 unspecified atom stereocenters. The summed E-state index contributed by atoms with van der Waals surface area (Å²) >= 11 is 5.91. The fourth-order valence-electron chi connectivity index (χ4n) is 4.91. The number of nitrogens with one attached hydrogen (secondary N) is 1. The van der Waals surface area contributed by atoms with Gasteiger partial charge in [-0.15, -0.1) is 0 Å². The summed E-state index contributed by atoms with van der Waals surface area (Å²) in [4.78, 5) is 11.4. The summed E-state index contributed by atoms with van der Waals surface area (Å²) < 4.78 is 8.38. The Morgan fingerprint density at radius 3 is 2.34 bits per heavy atom. The highest BCUT2D eigenvalue weighted by Crippen LogP contribution is 2.42. The number of para-hydroxylation sites is 1. The van der Waals surface area contributed by atoms with Crippen molar-refractivity contribution in [3.8, 4) is 11.5 Å². The van der Waals surface area contributed by atoms with Gasteiger partial charge in [0.05, 0.1) is 24.0 Å². The molecular weight excluding hydrogens is 490 g/mol. The van der Waals surface area contributed by atoms with Crippen molar-refractivity contribution in [1.82, 2.24) is 19.9 Å². The Balaban J connectivity index is 1.36. The normalized spacial score (nSPS) is 16.9. The van der Waals surface area contributed by atoms with Crippen LogP contribution in [-0.2, 0) is 6.54 Å². The molecule has 0 radical (unpaired) electrons. The van der Waals surface area contributed by atoms with E-state index in [2.05, 4.69) is 55.2 Å². The maximum Gasteiger partial charge on any atom is 0.174 e. The van der Waals surface area contributed by atoms with Crippen molar-refractivity contribution in [3.63, 3.8) is 0 Å². The number of hydrogen-bond donors (Lipinski definition) is 1. The average Bonchev–Trinajstić information content (AvgIpc) is 3.55. The predicted octanol–water partition coefficient (Wildman–Crippen LogP) is 6.60. The standard InChI is InChI=1S/C31H27N5OS/c1-22-9-2-3-13-28(22)37-25-16-14-24(15-17-25)36-30(29(34-31(36)38)26-11-5-7-19-33-26)27-12-8-20-35(27)21-23-10-4-6-18-32-23/h2-20,29-30H,21H2,1H3,(H,34,38)/t29-,30+/m0/s1. The molecule has 4 heterocycles. The second kappa shape index (κ2) is 10.5. The lowest BCUT2D eigenvalue weighted by atomic mass is 10.0. The Morgan fingerprint density at radius 1 is 0.842 bits per heavy atom. The van der Waals surface area contributed by atoms with Gasteiger partial charge in [0.25, 0.3) is 0 Å². The number of rotatable bonds is 7. The van der Waals surface area contributed by atoms with Gasteiger partial charge in [0.15, 0.2) is 5.11 Å². The van der Waals surface area contributed by atoms with Crippen molar-refractivity contribution in [1.29, 1.82) is 0 Å². The molecule has 1 N–H and O–H groups in total. The van der Waals surface area contributed by atoms with E-state index in [1.807, 2.05) is 92.1 Å². The number of benzene rings is 2. The molecule has 0 spiro atoms. The Morgan fingerprint density at radius 2 is 1.61 bits per heavy atom. The molecule has 1 aliphatic rings. The van der Waals surface area contributed by atoms with Crippen LogP contribution in [0.2, 0.25) is 0 Å². The molecule has 0 saturated carbocycles. The topological polar surface area (TPSA) is 55.2 Å². The lowest BCUT2D eigenvalue weighted by molar-refractivity contribution is 0.479. The Kier molecular flexibility index (Phi) is 6.58. The third kappa shape index (κ3) is 4.76. The molecule has 38 heavy (non-hydrogen) atoms. The minimum absolute atomic E-state index is 0.112. The molecule has 0 amide bonds. The van der Waals surface area contributed by atoms with Crippen LogP contribution in [0.4, 0.5) is 5.69 Å². The molecule has 188 valence electrons. The third-order valence-corrected chi connectivity index (χ3v) is 7.08. The van der Waals surface area contributed by atoms with Crippen LogP contribution in [0.1, 0.15) is 34.7 Å². The number of thiocarbonyl (C=S) groups is 1. The zero-order valence-corrected chi connectivity index (χ0v) is 21.8. The first-order valence-corrected chi connectivity index (χ1v) is 13.0. The van der Waals surface area contributed by atoms with Crippen LogP contribution in [0.25, 0.3) is 0 Å². The van der Waals surface area contributed by atoms with Crippen LogP contribution < -0.4 is 15.0 Å². The first-order valence-electron chi connectivity index (χ1n) is 12.6. The molecule has 2 aromatic carbocycles. The van der Waals surface area contributed by atoms with Crippen LogP contribution in [0.5, 0.6) is 11.5 Å². The fourth-order valence-corrected chi connectivity index (χ4v) is 5.26. The van der Waals surface area contributed by atoms with Crippen LogP contribution in [0, 0.1) is 6.92 Å². The van der Waals surface area contributed by atoms with E-state index in [1.165, 1.54) is 0 Å². The first kappa shape index (κ1) is 23.9. The van der Waals surface area contributed by atoms with Gasteiger partial charge in [0.1, 0.15) is 17.5 Å². The van der Waals surface area contributed by atoms with Crippen molar-refractivity contribution >= 4 is 23.0 Å². The smallest absolute Gasteiger partial charge is 0.174 e. The molecule has 6 rings (SSSR count). The molecule has 1 fully saturated rings. The van der Waals surface area contributed by atoms with Crippen molar-refractivity contribution < 1.29 is 4.74 Å². The van der Waals surface area contributed by atoms with E-state index in [0.717, 1.165) is 39.8 Å². The summed E-state index contributed by atoms with van der Waals surface area (Å²) in [5.74, 6) is 1.62. The van der Waals surface area contributed by atoms with Crippen molar-refractivity contribution in [2.24, 2.45) is 0 Å². The minimum Gasteiger partial charge on any atom is -0.457 e. The van der Waals surface area contributed by atoms with E-state index in [9.17, 15) is 0 Å². The van der Waals surface area contributed by atoms with Gasteiger partial charge >= 0.3 is 0 Å². The second-order valence-electron chi connectivity index (χ2n) is 9.24. The molecule has 1 saturated heterocycles. The molecule has 0 bridgehead atoms. The highest BCUT2D eigenvalue weighted by Gasteiger charge is 2.42. The van der Waals surface area contributed by atoms with Gasteiger partial charge in [-0.3, -0.25) is 9.97 Å². The number of nitrogens with zero attached hydrogens (tertiary/aromatic N) is 4. The zero-order valence-electron chi connectivity index (χ0n) is 20.9. The quantitative estimate of drug-likeness (QED) is 0.245. The summed E-state index contributed by atoms with van der Waals surface area (Å²) in [6.45, 7) is 2.71. The lowest BCUT2D eigenvalue weighted by Gasteiger charge is -2.29. The van der Waals surface area contributed by atoms with E-state index < -0.39 is 0 Å². The Bertz CT molecular complexity index is 1540. The summed E-state index contributed by atoms with van der Waals surface area (Å²) in [6, 6.07) is 32.1. The van der Waals surface area contributed by atoms with E-state index >= 15 is 0 Å². The minimum atomic E-state index is -0.121. The van der Waals surface area contributed by atoms with Crippen molar-refractivity contribution in [2.75, 3.05) is 4.90 Å². The van der Waals surface area contributed by atoms with Crippen LogP contribution in [0.15, 0.2) is 116 Å². The van der Waals surface area contributed by atoms with E-state index in [4.69, 9.17) is 17.0 Å². The van der Waals surface area contributed by atoms with Gasteiger partial charge in [-0.05, 0) is 91.4 Å². The van der Waals surface area contributed by atoms with Gasteiger partial charge in [0, 0.05) is 30.0 Å². The van der Waals surface area contributed by atoms with Gasteiger partial charge in [-0.1, -0.05) is 30.3 Å². The zero-order chi connectivity index (χ0) is 25.9. The fraction of sp³-hybridized carbons (Fsp3) is 0.129. The Hall–Kier alpha value is -4.49. The number of ether oxygens (including phenoxy) is 1. The summed E-state index contributed by atoms with van der Waals surface area (Å²) in [5, 5.41) is 4.20. The van der Waals surface area contributed by atoms with Crippen LogP contribution in [0.3, 0.4) is 0 Å². The summed E-state index contributed by atoms with van der Waals surface area (Å²) in [7, 11) is 0. The van der Waals surface area contributed by atoms with Crippen LogP contribution >= 0.6 is 12.2 Å². The molecule has 1 aliphatic heterocycles. The molecular formula is C31H27N5OS. The number of anilines is 1. The predicted molar refractivity (Wildman–Crippen MR) is 153 cm³/mol. The van der Waals surface area contributed by atoms with Crippen molar-refractivity contribution in [3.05, 3.63) is 138 Å². The number of hydrogen-bond acceptors (Lipinski definition) is 4. The highest BCUT2D eigenvalue weighted by atomic mass is 32.1. The number of pyridine rings is 2. The maximum atomic E-state index is 6.14. The van der Waals surface area contributed by atoms with Gasteiger partial charge < -0.3 is 19.5 Å². The maximum absolute atomic E-state index is 6.14. The van der Waals surface area contributed by atoms with E-state index in [0.29, 0.717) is 11.7 Å². The summed E-state index contributed by atoms with van der Waals surface area (Å²) in [5.41, 5.74) is 5.13. The lowest BCUT2D eigenvalue weighted by Crippen LogP contribution is -2.30. The van der Waals surface area contributed by atoms with Gasteiger partial charge in [-0.25, -0.2) is 0 Å². The largest absolute Gasteiger partial charge is 0.457 e. The average molecular weight is 518 g/mol. The number of aryl methyl sites for hydroxylation is 1. The molecule has 7 heteroatoms. The molecule has 3 aromatic heterocycles. The van der Waals surface area contributed by atoms with E-state index in [1.54, 1.807) is 0 Å². The molecule has 5 aromatic rings. The molecule has 6 nitrogen and oxygen atoms in total. The SMILES string of the molecule is Cc1ccccc1Oc1ccc(N2C(=S)N[C@@H](c3ccccn3)[C@H]2c2cccn2Cc2ccccn2)cc1. The molecule has 0 aliphatic carbocycles. The second-order valence-corrected chi connectivity index (χ2v) is 9.63. The molecule has 2 atom stereocenters.